The van der Waals surface area contributed by atoms with E-state index in [0.29, 0.717) is 37.2 Å². The quantitative estimate of drug-likeness (QED) is 0.836. The molecule has 1 N–H and O–H groups in total. The second-order valence-electron chi connectivity index (χ2n) is 6.98. The highest BCUT2D eigenvalue weighted by atomic mass is 35.5. The topological polar surface area (TPSA) is 49.4 Å². The number of rotatable bonds is 3. The number of nitrogens with zero attached hydrogens (tertiary/aromatic N) is 1. The van der Waals surface area contributed by atoms with Crippen LogP contribution in [0.2, 0.25) is 5.02 Å². The summed E-state index contributed by atoms with van der Waals surface area (Å²) in [6.45, 7) is 5.08. The normalized spacial score (nSPS) is 14.9. The molecule has 1 aliphatic heterocycles. The minimum atomic E-state index is -0.521. The Kier molecular flexibility index (Phi) is 5.80. The minimum absolute atomic E-state index is 0.00211. The Morgan fingerprint density at radius 3 is 2.41 bits per heavy atom. The largest absolute Gasteiger partial charge is 0.339 e. The van der Waals surface area contributed by atoms with E-state index in [-0.39, 0.29) is 22.8 Å². The first-order chi connectivity index (χ1) is 12.8. The van der Waals surface area contributed by atoms with Crippen molar-refractivity contribution in [2.45, 2.75) is 26.7 Å². The molecular formula is C21H22ClFN2O2. The van der Waals surface area contributed by atoms with Crippen LogP contribution >= 0.6 is 11.6 Å². The second-order valence-corrected chi connectivity index (χ2v) is 7.39. The molecule has 2 aromatic rings. The number of piperidine rings is 1. The van der Waals surface area contributed by atoms with Gasteiger partial charge in [-0.15, -0.1) is 0 Å². The number of carbonyl (C=O) groups excluding carboxylic acids is 2. The molecule has 4 nitrogen and oxygen atoms in total. The van der Waals surface area contributed by atoms with Gasteiger partial charge in [-0.2, -0.15) is 0 Å². The van der Waals surface area contributed by atoms with Crippen molar-refractivity contribution in [2.75, 3.05) is 18.4 Å². The van der Waals surface area contributed by atoms with E-state index in [4.69, 9.17) is 11.6 Å². The van der Waals surface area contributed by atoms with E-state index in [2.05, 4.69) is 5.32 Å². The van der Waals surface area contributed by atoms with Crippen molar-refractivity contribution < 1.29 is 14.0 Å². The highest BCUT2D eigenvalue weighted by molar-refractivity contribution is 6.31. The summed E-state index contributed by atoms with van der Waals surface area (Å²) in [4.78, 5) is 26.9. The standard InChI is InChI=1S/C21H22ClFN2O2/c1-13-3-4-16(11-14(13)2)21(27)25-9-7-15(8-10-25)20(26)24-17-5-6-19(23)18(22)12-17/h3-6,11-12,15H,7-10H2,1-2H3,(H,24,26). The molecule has 2 amide bonds. The number of likely N-dealkylation sites (tertiary alicyclic amines) is 1. The van der Waals surface area contributed by atoms with Crippen LogP contribution in [0.4, 0.5) is 10.1 Å². The SMILES string of the molecule is Cc1ccc(C(=O)N2CCC(C(=O)Nc3ccc(F)c(Cl)c3)CC2)cc1C. The summed E-state index contributed by atoms with van der Waals surface area (Å²) >= 11 is 5.75. The summed E-state index contributed by atoms with van der Waals surface area (Å²) in [5.41, 5.74) is 3.40. The number of halogens is 2. The Labute approximate surface area is 163 Å². The molecule has 0 atom stereocenters. The Morgan fingerprint density at radius 1 is 1.07 bits per heavy atom. The zero-order valence-electron chi connectivity index (χ0n) is 15.4. The predicted molar refractivity (Wildman–Crippen MR) is 105 cm³/mol. The van der Waals surface area contributed by atoms with Crippen LogP contribution in [0.3, 0.4) is 0 Å². The Balaban J connectivity index is 1.57. The third-order valence-electron chi connectivity index (χ3n) is 5.09. The third-order valence-corrected chi connectivity index (χ3v) is 5.38. The van der Waals surface area contributed by atoms with Gasteiger partial charge in [0.2, 0.25) is 5.91 Å². The number of aryl methyl sites for hydroxylation is 2. The Hall–Kier alpha value is -2.40. The molecule has 6 heteroatoms. The third kappa shape index (κ3) is 4.48. The first-order valence-corrected chi connectivity index (χ1v) is 9.35. The molecule has 0 radical (unpaired) electrons. The monoisotopic (exact) mass is 388 g/mol. The maximum absolute atomic E-state index is 13.2. The van der Waals surface area contributed by atoms with Gasteiger partial charge >= 0.3 is 0 Å². The maximum Gasteiger partial charge on any atom is 0.253 e. The number of nitrogens with one attached hydrogen (secondary N) is 1. The van der Waals surface area contributed by atoms with Gasteiger partial charge in [-0.25, -0.2) is 4.39 Å². The Morgan fingerprint density at radius 2 is 1.78 bits per heavy atom. The van der Waals surface area contributed by atoms with E-state index in [1.807, 2.05) is 32.0 Å². The summed E-state index contributed by atoms with van der Waals surface area (Å²) in [7, 11) is 0. The lowest BCUT2D eigenvalue weighted by Crippen LogP contribution is -2.41. The number of anilines is 1. The lowest BCUT2D eigenvalue weighted by atomic mass is 9.95. The van der Waals surface area contributed by atoms with E-state index >= 15 is 0 Å². The molecule has 0 bridgehead atoms. The van der Waals surface area contributed by atoms with Gasteiger partial charge in [0.15, 0.2) is 0 Å². The van der Waals surface area contributed by atoms with Gasteiger partial charge in [-0.3, -0.25) is 9.59 Å². The molecule has 2 aromatic carbocycles. The van der Waals surface area contributed by atoms with E-state index in [0.717, 1.165) is 11.1 Å². The van der Waals surface area contributed by atoms with Crippen LogP contribution in [0.5, 0.6) is 0 Å². The van der Waals surface area contributed by atoms with E-state index in [1.54, 1.807) is 4.90 Å². The highest BCUT2D eigenvalue weighted by Gasteiger charge is 2.28. The molecule has 1 heterocycles. The number of carbonyl (C=O) groups is 2. The van der Waals surface area contributed by atoms with Gasteiger partial charge in [0.1, 0.15) is 5.82 Å². The van der Waals surface area contributed by atoms with Crippen molar-refractivity contribution in [3.63, 3.8) is 0 Å². The summed E-state index contributed by atoms with van der Waals surface area (Å²) in [5, 5.41) is 2.75. The number of benzene rings is 2. The van der Waals surface area contributed by atoms with Gasteiger partial charge in [-0.05, 0) is 68.1 Å². The predicted octanol–water partition coefficient (Wildman–Crippen LogP) is 4.59. The first kappa shape index (κ1) is 19.4. The second kappa shape index (κ2) is 8.09. The van der Waals surface area contributed by atoms with Gasteiger partial charge < -0.3 is 10.2 Å². The molecular weight excluding hydrogens is 367 g/mol. The fourth-order valence-electron chi connectivity index (χ4n) is 3.22. The van der Waals surface area contributed by atoms with E-state index < -0.39 is 5.82 Å². The van der Waals surface area contributed by atoms with Gasteiger partial charge in [0.25, 0.3) is 5.91 Å². The zero-order valence-corrected chi connectivity index (χ0v) is 16.1. The zero-order chi connectivity index (χ0) is 19.6. The molecule has 27 heavy (non-hydrogen) atoms. The minimum Gasteiger partial charge on any atom is -0.339 e. The van der Waals surface area contributed by atoms with Crippen LogP contribution < -0.4 is 5.32 Å². The van der Waals surface area contributed by atoms with Crippen LogP contribution in [-0.2, 0) is 4.79 Å². The van der Waals surface area contributed by atoms with Crippen LogP contribution in [-0.4, -0.2) is 29.8 Å². The molecule has 1 fully saturated rings. The van der Waals surface area contributed by atoms with Crippen LogP contribution in [0, 0.1) is 25.6 Å². The summed E-state index contributed by atoms with van der Waals surface area (Å²) in [6.07, 6.45) is 1.19. The lowest BCUT2D eigenvalue weighted by Gasteiger charge is -2.31. The van der Waals surface area contributed by atoms with Crippen molar-refractivity contribution in [1.29, 1.82) is 0 Å². The average Bonchev–Trinajstić information content (AvgIpc) is 2.66. The molecule has 3 rings (SSSR count). The average molecular weight is 389 g/mol. The first-order valence-electron chi connectivity index (χ1n) is 8.97. The van der Waals surface area contributed by atoms with E-state index in [1.165, 1.54) is 18.2 Å². The van der Waals surface area contributed by atoms with E-state index in [9.17, 15) is 14.0 Å². The molecule has 0 aliphatic carbocycles. The van der Waals surface area contributed by atoms with Gasteiger partial charge in [-0.1, -0.05) is 17.7 Å². The molecule has 0 unspecified atom stereocenters. The van der Waals surface area contributed by atoms with Crippen molar-refractivity contribution in [3.05, 3.63) is 63.9 Å². The van der Waals surface area contributed by atoms with Crippen molar-refractivity contribution in [3.8, 4) is 0 Å². The molecule has 1 saturated heterocycles. The maximum atomic E-state index is 13.2. The number of amides is 2. The molecule has 1 aliphatic rings. The molecule has 0 aromatic heterocycles. The molecule has 0 saturated carbocycles. The van der Waals surface area contributed by atoms with Crippen LogP contribution in [0.15, 0.2) is 36.4 Å². The number of hydrogen-bond donors (Lipinski definition) is 1. The fraction of sp³-hybridized carbons (Fsp3) is 0.333. The summed E-state index contributed by atoms with van der Waals surface area (Å²) in [5.74, 6) is -0.830. The summed E-state index contributed by atoms with van der Waals surface area (Å²) in [6, 6.07) is 9.82. The summed E-state index contributed by atoms with van der Waals surface area (Å²) < 4.78 is 13.2. The van der Waals surface area contributed by atoms with Crippen LogP contribution in [0.1, 0.15) is 34.3 Å². The smallest absolute Gasteiger partial charge is 0.253 e. The highest BCUT2D eigenvalue weighted by Crippen LogP contribution is 2.24. The fourth-order valence-corrected chi connectivity index (χ4v) is 3.40. The number of hydrogen-bond acceptors (Lipinski definition) is 2. The van der Waals surface area contributed by atoms with Crippen LogP contribution in [0.25, 0.3) is 0 Å². The van der Waals surface area contributed by atoms with Gasteiger partial charge in [0.05, 0.1) is 5.02 Å². The lowest BCUT2D eigenvalue weighted by molar-refractivity contribution is -0.121. The molecule has 0 spiro atoms. The van der Waals surface area contributed by atoms with Crippen molar-refractivity contribution >= 4 is 29.1 Å². The Bertz CT molecular complexity index is 876. The molecule has 142 valence electrons. The van der Waals surface area contributed by atoms with Crippen molar-refractivity contribution in [1.82, 2.24) is 4.90 Å². The van der Waals surface area contributed by atoms with Gasteiger partial charge in [0, 0.05) is 30.3 Å². The van der Waals surface area contributed by atoms with Crippen molar-refractivity contribution in [2.24, 2.45) is 5.92 Å².